The van der Waals surface area contributed by atoms with E-state index in [1.54, 1.807) is 0 Å². The standard InChI is InChI=1S/C20H26I2.CHF3O3S/c1-19(2,3)15-7-11-17(12-8-15)22(21)18-13-9-16(10-14-18)20(4,5)6;2-1(3,4)8(5,6)7/h7-14H,1-6H3;(H,5,6,7). The average molecular weight is 670 g/mol. The molecule has 0 spiro atoms. The quantitative estimate of drug-likeness (QED) is 0.204. The van der Waals surface area contributed by atoms with Crippen LogP contribution in [0.1, 0.15) is 52.7 Å². The Kier molecular flexibility index (Phi) is 9.24. The molecule has 1 N–H and O–H groups in total. The molecule has 2 aromatic carbocycles. The van der Waals surface area contributed by atoms with Crippen molar-refractivity contribution >= 4 is 44.6 Å². The molecule has 0 amide bonds. The molecule has 9 heteroatoms. The van der Waals surface area contributed by atoms with Gasteiger partial charge >= 0.3 is 169 Å². The van der Waals surface area contributed by atoms with Gasteiger partial charge in [-0.25, -0.2) is 0 Å². The van der Waals surface area contributed by atoms with E-state index in [9.17, 15) is 13.2 Å². The predicted octanol–water partition coefficient (Wildman–Crippen LogP) is 7.57. The summed E-state index contributed by atoms with van der Waals surface area (Å²) < 4.78 is 60.6. The summed E-state index contributed by atoms with van der Waals surface area (Å²) in [7, 11) is -5.84. The van der Waals surface area contributed by atoms with Gasteiger partial charge in [0.2, 0.25) is 0 Å². The van der Waals surface area contributed by atoms with Crippen LogP contribution in [0.25, 0.3) is 0 Å². The number of hydrogen-bond acceptors (Lipinski definition) is 2. The zero-order valence-corrected chi connectivity index (χ0v) is 22.8. The second-order valence-electron chi connectivity index (χ2n) is 8.67. The first-order chi connectivity index (χ1) is 13.3. The van der Waals surface area contributed by atoms with Crippen LogP contribution < -0.4 is 0 Å². The molecule has 0 fully saturated rings. The summed E-state index contributed by atoms with van der Waals surface area (Å²) in [5.74, 6) is 0. The van der Waals surface area contributed by atoms with Crippen molar-refractivity contribution in [1.82, 2.24) is 0 Å². The maximum absolute atomic E-state index is 10.7. The van der Waals surface area contributed by atoms with E-state index in [0.29, 0.717) is 0 Å². The molecule has 0 heterocycles. The van der Waals surface area contributed by atoms with Crippen molar-refractivity contribution < 1.29 is 26.1 Å². The largest absolute Gasteiger partial charge is 0.522 e. The fraction of sp³-hybridized carbons (Fsp3) is 0.429. The van der Waals surface area contributed by atoms with Crippen molar-refractivity contribution in [2.75, 3.05) is 0 Å². The first-order valence-electron chi connectivity index (χ1n) is 8.95. The van der Waals surface area contributed by atoms with Gasteiger partial charge in [0.25, 0.3) is 0 Å². The van der Waals surface area contributed by atoms with Gasteiger partial charge in [0.1, 0.15) is 0 Å². The molecule has 3 nitrogen and oxygen atoms in total. The summed E-state index contributed by atoms with van der Waals surface area (Å²) in [5.41, 5.74) is -2.23. The van der Waals surface area contributed by atoms with E-state index in [1.807, 2.05) is 0 Å². The van der Waals surface area contributed by atoms with Gasteiger partial charge in [0.15, 0.2) is 0 Å². The number of alkyl halides is 3. The Balaban J connectivity index is 0.000000479. The minimum Gasteiger partial charge on any atom is -0.279 e. The molecule has 0 unspecified atom stereocenters. The van der Waals surface area contributed by atoms with Crippen LogP contribution in [0.2, 0.25) is 0 Å². The molecule has 2 aromatic rings. The van der Waals surface area contributed by atoms with E-state index in [-0.39, 0.29) is 10.8 Å². The van der Waals surface area contributed by atoms with Crippen LogP contribution in [0.4, 0.5) is 13.2 Å². The van der Waals surface area contributed by atoms with Gasteiger partial charge in [-0.3, -0.25) is 4.55 Å². The molecular formula is C21H27F3I2O3S. The van der Waals surface area contributed by atoms with Crippen LogP contribution in [0.5, 0.6) is 0 Å². The van der Waals surface area contributed by atoms with E-state index in [1.165, 1.54) is 18.3 Å². The van der Waals surface area contributed by atoms with E-state index in [4.69, 9.17) is 13.0 Å². The van der Waals surface area contributed by atoms with Gasteiger partial charge in [-0.1, -0.05) is 0 Å². The van der Waals surface area contributed by atoms with Crippen molar-refractivity contribution in [1.29, 1.82) is 0 Å². The van der Waals surface area contributed by atoms with Crippen LogP contribution in [0.15, 0.2) is 48.5 Å². The molecule has 0 atom stereocenters. The first kappa shape index (κ1) is 27.6. The minimum atomic E-state index is -5.84. The summed E-state index contributed by atoms with van der Waals surface area (Å²) in [5, 5.41) is 0. The topological polar surface area (TPSA) is 54.4 Å². The minimum absolute atomic E-state index is 0.233. The normalized spacial score (nSPS) is 13.4. The summed E-state index contributed by atoms with van der Waals surface area (Å²) in [4.78, 5) is 0. The number of benzene rings is 2. The maximum Gasteiger partial charge on any atom is 0.522 e. The fourth-order valence-corrected chi connectivity index (χ4v) is 8.59. The average Bonchev–Trinajstić information content (AvgIpc) is 2.59. The van der Waals surface area contributed by atoms with Crippen LogP contribution in [-0.4, -0.2) is 18.5 Å². The van der Waals surface area contributed by atoms with Crippen LogP contribution in [0.3, 0.4) is 0 Å². The smallest absolute Gasteiger partial charge is 0.279 e. The molecule has 0 radical (unpaired) electrons. The van der Waals surface area contributed by atoms with Crippen molar-refractivity contribution in [2.24, 2.45) is 0 Å². The van der Waals surface area contributed by atoms with Crippen LogP contribution in [0, 0.1) is 7.14 Å². The third kappa shape index (κ3) is 8.27. The Labute approximate surface area is 194 Å². The Morgan fingerprint density at radius 1 is 0.733 bits per heavy atom. The Bertz CT molecular complexity index is 868. The van der Waals surface area contributed by atoms with E-state index < -0.39 is 31.5 Å². The van der Waals surface area contributed by atoms with Gasteiger partial charge in [-0.2, -0.15) is 21.6 Å². The monoisotopic (exact) mass is 670 g/mol. The third-order valence-electron chi connectivity index (χ3n) is 4.10. The molecule has 0 saturated carbocycles. The molecule has 30 heavy (non-hydrogen) atoms. The summed E-state index contributed by atoms with van der Waals surface area (Å²) >= 11 is 1.41. The molecule has 2 rings (SSSR count). The van der Waals surface area contributed by atoms with E-state index in [0.717, 1.165) is 0 Å². The van der Waals surface area contributed by atoms with Gasteiger partial charge < -0.3 is 0 Å². The molecule has 0 saturated heterocycles. The zero-order chi connectivity index (χ0) is 23.5. The number of hydrogen-bond donors (Lipinski definition) is 1. The second-order valence-corrected chi connectivity index (χ2v) is 19.4. The molecule has 0 bridgehead atoms. The van der Waals surface area contributed by atoms with E-state index in [2.05, 4.69) is 109 Å². The van der Waals surface area contributed by atoms with Crippen molar-refractivity contribution in [3.8, 4) is 0 Å². The van der Waals surface area contributed by atoms with Crippen molar-refractivity contribution in [2.45, 2.75) is 57.9 Å². The maximum atomic E-state index is 10.7. The molecule has 170 valence electrons. The Morgan fingerprint density at radius 3 is 1.13 bits per heavy atom. The van der Waals surface area contributed by atoms with Crippen molar-refractivity contribution in [3.05, 3.63) is 66.8 Å². The molecule has 0 aliphatic heterocycles. The summed E-state index contributed by atoms with van der Waals surface area (Å²) in [6.45, 7) is 13.6. The summed E-state index contributed by atoms with van der Waals surface area (Å²) in [6.07, 6.45) is 0. The molecule has 0 aliphatic carbocycles. The van der Waals surface area contributed by atoms with Crippen LogP contribution in [-0.2, 0) is 20.9 Å². The van der Waals surface area contributed by atoms with Gasteiger partial charge in [-0.05, 0) is 0 Å². The SMILES string of the molecule is CC(C)(C)c1ccc(I(I)c2ccc(C(C)(C)C)cc2)cc1.O=S(=O)(O)C(F)(F)F. The van der Waals surface area contributed by atoms with Gasteiger partial charge in [0.05, 0.1) is 0 Å². The molecule has 0 aromatic heterocycles. The predicted molar refractivity (Wildman–Crippen MR) is 133 cm³/mol. The van der Waals surface area contributed by atoms with E-state index >= 15 is 0 Å². The fourth-order valence-electron chi connectivity index (χ4n) is 2.25. The third-order valence-corrected chi connectivity index (χ3v) is 14.6. The first-order valence-corrected chi connectivity index (χ1v) is 18.8. The Hall–Kier alpha value is -0.400. The Morgan fingerprint density at radius 2 is 0.967 bits per heavy atom. The van der Waals surface area contributed by atoms with Crippen LogP contribution >= 0.6 is 34.5 Å². The number of rotatable bonds is 2. The van der Waals surface area contributed by atoms with Gasteiger partial charge in [0, 0.05) is 0 Å². The number of halogens is 5. The van der Waals surface area contributed by atoms with Crippen molar-refractivity contribution in [3.63, 3.8) is 0 Å². The summed E-state index contributed by atoms with van der Waals surface area (Å²) in [6, 6.07) is 18.6. The molecule has 0 aliphatic rings. The second kappa shape index (κ2) is 10.0. The molecular weight excluding hydrogens is 643 g/mol. The van der Waals surface area contributed by atoms with Gasteiger partial charge in [-0.15, -0.1) is 0 Å². The zero-order valence-electron chi connectivity index (χ0n) is 17.7.